The molecule has 20 heavy (non-hydrogen) atoms. The molecule has 3 nitrogen and oxygen atoms in total. The SMILES string of the molecule is CON(C)C(=O)c1ccc2c(c1)C(C)(C)CCC2(C)C. The third-order valence-electron chi connectivity index (χ3n) is 4.66. The lowest BCUT2D eigenvalue weighted by atomic mass is 9.63. The first kappa shape index (κ1) is 15.0. The van der Waals surface area contributed by atoms with Crippen LogP contribution in [0.15, 0.2) is 18.2 Å². The molecule has 0 saturated carbocycles. The zero-order valence-electron chi connectivity index (χ0n) is 13.4. The first-order valence-corrected chi connectivity index (χ1v) is 7.16. The highest BCUT2D eigenvalue weighted by molar-refractivity contribution is 5.93. The van der Waals surface area contributed by atoms with Crippen LogP contribution in [-0.2, 0) is 15.7 Å². The van der Waals surface area contributed by atoms with Gasteiger partial charge in [-0.3, -0.25) is 9.63 Å². The first-order valence-electron chi connectivity index (χ1n) is 7.16. The summed E-state index contributed by atoms with van der Waals surface area (Å²) in [6, 6.07) is 6.08. The zero-order valence-corrected chi connectivity index (χ0v) is 13.4. The molecule has 0 saturated heterocycles. The van der Waals surface area contributed by atoms with E-state index in [2.05, 4.69) is 33.8 Å². The zero-order chi connectivity index (χ0) is 15.1. The van der Waals surface area contributed by atoms with E-state index in [1.165, 1.54) is 29.7 Å². The van der Waals surface area contributed by atoms with Gasteiger partial charge in [0.15, 0.2) is 0 Å². The summed E-state index contributed by atoms with van der Waals surface area (Å²) in [4.78, 5) is 17.2. The molecule has 0 aliphatic heterocycles. The van der Waals surface area contributed by atoms with Gasteiger partial charge in [-0.2, -0.15) is 0 Å². The standard InChI is InChI=1S/C17H25NO2/c1-16(2)9-10-17(3,4)14-11-12(7-8-13(14)16)15(19)18(5)20-6/h7-8,11H,9-10H2,1-6H3. The van der Waals surface area contributed by atoms with Gasteiger partial charge in [0.25, 0.3) is 5.91 Å². The van der Waals surface area contributed by atoms with E-state index in [0.717, 1.165) is 6.42 Å². The Labute approximate surface area is 121 Å². The van der Waals surface area contributed by atoms with E-state index >= 15 is 0 Å². The van der Waals surface area contributed by atoms with E-state index in [4.69, 9.17) is 4.84 Å². The summed E-state index contributed by atoms with van der Waals surface area (Å²) >= 11 is 0. The Hall–Kier alpha value is -1.35. The summed E-state index contributed by atoms with van der Waals surface area (Å²) in [7, 11) is 3.14. The van der Waals surface area contributed by atoms with Crippen molar-refractivity contribution < 1.29 is 9.63 Å². The van der Waals surface area contributed by atoms with Gasteiger partial charge in [-0.05, 0) is 46.9 Å². The van der Waals surface area contributed by atoms with Gasteiger partial charge in [0.1, 0.15) is 0 Å². The number of amides is 1. The van der Waals surface area contributed by atoms with Crippen molar-refractivity contribution in [2.75, 3.05) is 14.2 Å². The Balaban J connectivity index is 2.51. The van der Waals surface area contributed by atoms with Crippen molar-refractivity contribution in [2.24, 2.45) is 0 Å². The van der Waals surface area contributed by atoms with Crippen molar-refractivity contribution in [3.63, 3.8) is 0 Å². The number of nitrogens with zero attached hydrogens (tertiary/aromatic N) is 1. The van der Waals surface area contributed by atoms with Crippen LogP contribution in [0.2, 0.25) is 0 Å². The van der Waals surface area contributed by atoms with Crippen molar-refractivity contribution in [3.05, 3.63) is 34.9 Å². The third-order valence-corrected chi connectivity index (χ3v) is 4.66. The van der Waals surface area contributed by atoms with Crippen LogP contribution < -0.4 is 0 Å². The van der Waals surface area contributed by atoms with Crippen molar-refractivity contribution in [3.8, 4) is 0 Å². The third kappa shape index (κ3) is 2.47. The van der Waals surface area contributed by atoms with Gasteiger partial charge in [-0.1, -0.05) is 33.8 Å². The fourth-order valence-electron chi connectivity index (χ4n) is 2.99. The molecule has 1 aromatic carbocycles. The van der Waals surface area contributed by atoms with Crippen LogP contribution in [0.25, 0.3) is 0 Å². The molecular formula is C17H25NO2. The van der Waals surface area contributed by atoms with Crippen molar-refractivity contribution >= 4 is 5.91 Å². The second-order valence-electron chi connectivity index (χ2n) is 7.01. The van der Waals surface area contributed by atoms with Gasteiger partial charge in [0.05, 0.1) is 7.11 Å². The van der Waals surface area contributed by atoms with Crippen molar-refractivity contribution in [1.29, 1.82) is 0 Å². The molecule has 0 heterocycles. The maximum absolute atomic E-state index is 12.2. The lowest BCUT2D eigenvalue weighted by Crippen LogP contribution is -2.34. The number of benzene rings is 1. The molecule has 0 N–H and O–H groups in total. The number of fused-ring (bicyclic) bond motifs is 1. The Bertz CT molecular complexity index is 532. The largest absolute Gasteiger partial charge is 0.277 e. The number of hydrogen-bond acceptors (Lipinski definition) is 2. The van der Waals surface area contributed by atoms with E-state index in [1.54, 1.807) is 7.05 Å². The van der Waals surface area contributed by atoms with E-state index in [1.807, 2.05) is 12.1 Å². The summed E-state index contributed by atoms with van der Waals surface area (Å²) in [6.07, 6.45) is 2.32. The normalized spacial score (nSPS) is 19.3. The van der Waals surface area contributed by atoms with Crippen LogP contribution in [-0.4, -0.2) is 25.1 Å². The molecule has 0 bridgehead atoms. The summed E-state index contributed by atoms with van der Waals surface area (Å²) < 4.78 is 0. The summed E-state index contributed by atoms with van der Waals surface area (Å²) in [5, 5.41) is 1.27. The molecule has 1 amide bonds. The van der Waals surface area contributed by atoms with Crippen molar-refractivity contribution in [1.82, 2.24) is 5.06 Å². The van der Waals surface area contributed by atoms with Gasteiger partial charge in [0.2, 0.25) is 0 Å². The van der Waals surface area contributed by atoms with E-state index < -0.39 is 0 Å². The molecular weight excluding hydrogens is 250 g/mol. The number of carbonyl (C=O) groups excluding carboxylic acids is 1. The summed E-state index contributed by atoms with van der Waals surface area (Å²) in [6.45, 7) is 9.08. The maximum Gasteiger partial charge on any atom is 0.277 e. The molecule has 0 aromatic heterocycles. The Morgan fingerprint density at radius 2 is 1.65 bits per heavy atom. The second-order valence-corrected chi connectivity index (χ2v) is 7.01. The van der Waals surface area contributed by atoms with Crippen LogP contribution in [0.4, 0.5) is 0 Å². The van der Waals surface area contributed by atoms with Crippen LogP contribution in [0.5, 0.6) is 0 Å². The fraction of sp³-hybridized carbons (Fsp3) is 0.588. The Morgan fingerprint density at radius 1 is 1.10 bits per heavy atom. The van der Waals surface area contributed by atoms with Gasteiger partial charge < -0.3 is 0 Å². The first-order chi connectivity index (χ1) is 9.19. The average molecular weight is 275 g/mol. The van der Waals surface area contributed by atoms with E-state index in [9.17, 15) is 4.79 Å². The average Bonchev–Trinajstić information content (AvgIpc) is 2.42. The minimum absolute atomic E-state index is 0.102. The maximum atomic E-state index is 12.2. The van der Waals surface area contributed by atoms with Crippen LogP contribution in [0.3, 0.4) is 0 Å². The predicted molar refractivity (Wildman–Crippen MR) is 80.8 cm³/mol. The molecule has 1 aliphatic rings. The number of hydrogen-bond donors (Lipinski definition) is 0. The Kier molecular flexibility index (Phi) is 3.67. The highest BCUT2D eigenvalue weighted by atomic mass is 16.7. The smallest absolute Gasteiger partial charge is 0.274 e. The van der Waals surface area contributed by atoms with Gasteiger partial charge in [-0.25, -0.2) is 5.06 Å². The second kappa shape index (κ2) is 4.88. The molecule has 0 radical (unpaired) electrons. The molecule has 0 spiro atoms. The number of rotatable bonds is 2. The van der Waals surface area contributed by atoms with Crippen LogP contribution in [0, 0.1) is 0 Å². The lowest BCUT2D eigenvalue weighted by molar-refractivity contribution is -0.0757. The molecule has 1 aliphatic carbocycles. The molecule has 1 aromatic rings. The lowest BCUT2D eigenvalue weighted by Gasteiger charge is -2.42. The quantitative estimate of drug-likeness (QED) is 0.771. The van der Waals surface area contributed by atoms with Crippen LogP contribution in [0.1, 0.15) is 62.0 Å². The van der Waals surface area contributed by atoms with Gasteiger partial charge >= 0.3 is 0 Å². The van der Waals surface area contributed by atoms with E-state index in [-0.39, 0.29) is 16.7 Å². The molecule has 0 atom stereocenters. The number of hydroxylamine groups is 2. The summed E-state index contributed by atoms with van der Waals surface area (Å²) in [5.74, 6) is -0.102. The molecule has 0 unspecified atom stereocenters. The van der Waals surface area contributed by atoms with Gasteiger partial charge in [-0.15, -0.1) is 0 Å². The minimum atomic E-state index is -0.102. The highest BCUT2D eigenvalue weighted by Gasteiger charge is 2.37. The molecule has 2 rings (SSSR count). The predicted octanol–water partition coefficient (Wildman–Crippen LogP) is 3.67. The monoisotopic (exact) mass is 275 g/mol. The number of carbonyl (C=O) groups is 1. The minimum Gasteiger partial charge on any atom is -0.274 e. The fourth-order valence-corrected chi connectivity index (χ4v) is 2.99. The van der Waals surface area contributed by atoms with E-state index in [0.29, 0.717) is 5.56 Å². The Morgan fingerprint density at radius 3 is 2.20 bits per heavy atom. The highest BCUT2D eigenvalue weighted by Crippen LogP contribution is 2.45. The summed E-state index contributed by atoms with van der Waals surface area (Å²) in [5.41, 5.74) is 3.65. The van der Waals surface area contributed by atoms with Crippen molar-refractivity contribution in [2.45, 2.75) is 51.4 Å². The molecule has 3 heteroatoms. The topological polar surface area (TPSA) is 29.5 Å². The van der Waals surface area contributed by atoms with Crippen LogP contribution >= 0.6 is 0 Å². The molecule has 0 fully saturated rings. The molecule has 110 valence electrons. The van der Waals surface area contributed by atoms with Gasteiger partial charge in [0, 0.05) is 12.6 Å².